The number of ether oxygens (including phenoxy) is 1. The van der Waals surface area contributed by atoms with Crippen molar-refractivity contribution in [3.8, 4) is 11.1 Å². The van der Waals surface area contributed by atoms with Gasteiger partial charge in [0.2, 0.25) is 5.82 Å². The number of fused-ring (bicyclic) bond motifs is 3. The maximum Gasteiger partial charge on any atom is 0.419 e. The molecule has 0 spiro atoms. The summed E-state index contributed by atoms with van der Waals surface area (Å²) in [7, 11) is 3.23. The highest BCUT2D eigenvalue weighted by Gasteiger charge is 2.23. The summed E-state index contributed by atoms with van der Waals surface area (Å²) >= 11 is 0. The standard InChI is InChI=1S/C24H27N4O2.C8H10O2S/c1-24(2,3)30-23(29)27-20-11-12-25-15-19(20)18-9-7-16(13-21(18)27)17-8-10-22(26-14-17)28(4,5)6;1-7-3-5-8(6-4-7)11(2,9)10/h7-15H,1-6H3;3-6H,1-2H3/q+1;. The average molecular weight is 574 g/mol. The molecule has 5 rings (SSSR count). The van der Waals surface area contributed by atoms with Crippen molar-refractivity contribution in [2.75, 3.05) is 27.4 Å². The fraction of sp³-hybridized carbons (Fsp3) is 0.281. The van der Waals surface area contributed by atoms with Crippen molar-refractivity contribution in [2.45, 2.75) is 38.2 Å². The number of benzene rings is 2. The molecular formula is C32H37N4O4S+. The van der Waals surface area contributed by atoms with Crippen LogP contribution in [0.25, 0.3) is 32.9 Å². The van der Waals surface area contributed by atoms with Crippen molar-refractivity contribution in [1.29, 1.82) is 0 Å². The van der Waals surface area contributed by atoms with Gasteiger partial charge in [0, 0.05) is 47.2 Å². The van der Waals surface area contributed by atoms with Crippen LogP contribution in [0.4, 0.5) is 10.6 Å². The predicted octanol–water partition coefficient (Wildman–Crippen LogP) is 6.63. The van der Waals surface area contributed by atoms with Gasteiger partial charge < -0.3 is 4.74 Å². The summed E-state index contributed by atoms with van der Waals surface area (Å²) in [5.41, 5.74) is 4.04. The van der Waals surface area contributed by atoms with E-state index in [1.807, 2.05) is 58.2 Å². The van der Waals surface area contributed by atoms with Crippen LogP contribution in [0.5, 0.6) is 0 Å². The van der Waals surface area contributed by atoms with Crippen LogP contribution in [0.2, 0.25) is 0 Å². The minimum Gasteiger partial charge on any atom is -0.443 e. The van der Waals surface area contributed by atoms with E-state index in [9.17, 15) is 13.2 Å². The van der Waals surface area contributed by atoms with Crippen LogP contribution in [0.3, 0.4) is 0 Å². The first-order valence-corrected chi connectivity index (χ1v) is 15.1. The van der Waals surface area contributed by atoms with Gasteiger partial charge in [-0.2, -0.15) is 0 Å². The third-order valence-electron chi connectivity index (χ3n) is 6.36. The highest BCUT2D eigenvalue weighted by atomic mass is 32.2. The lowest BCUT2D eigenvalue weighted by Gasteiger charge is -2.21. The number of aryl methyl sites for hydroxylation is 1. The van der Waals surface area contributed by atoms with Crippen LogP contribution >= 0.6 is 0 Å². The molecule has 0 aliphatic rings. The summed E-state index contributed by atoms with van der Waals surface area (Å²) < 4.78 is 29.9. The number of hydrogen-bond donors (Lipinski definition) is 0. The van der Waals surface area contributed by atoms with Gasteiger partial charge in [-0.15, -0.1) is 0 Å². The van der Waals surface area contributed by atoms with Crippen LogP contribution in [0.15, 0.2) is 84.1 Å². The second-order valence-electron chi connectivity index (χ2n) is 11.9. The molecule has 0 saturated carbocycles. The van der Waals surface area contributed by atoms with Gasteiger partial charge in [0.15, 0.2) is 9.84 Å². The van der Waals surface area contributed by atoms with E-state index < -0.39 is 21.5 Å². The topological polar surface area (TPSA) is 91.2 Å². The smallest absolute Gasteiger partial charge is 0.419 e. The van der Waals surface area contributed by atoms with Gasteiger partial charge in [0.05, 0.1) is 37.1 Å². The van der Waals surface area contributed by atoms with Crippen LogP contribution in [0.1, 0.15) is 26.3 Å². The quantitative estimate of drug-likeness (QED) is 0.225. The molecule has 0 radical (unpaired) electrons. The van der Waals surface area contributed by atoms with Gasteiger partial charge in [-0.3, -0.25) is 9.47 Å². The molecule has 0 aliphatic carbocycles. The molecule has 3 heterocycles. The maximum atomic E-state index is 13.1. The van der Waals surface area contributed by atoms with E-state index >= 15 is 0 Å². The number of aromatic nitrogens is 3. The second-order valence-corrected chi connectivity index (χ2v) is 14.0. The van der Waals surface area contributed by atoms with Crippen LogP contribution in [0, 0.1) is 6.92 Å². The summed E-state index contributed by atoms with van der Waals surface area (Å²) in [5, 5.41) is 1.88. The zero-order valence-corrected chi connectivity index (χ0v) is 25.7. The highest BCUT2D eigenvalue weighted by molar-refractivity contribution is 7.90. The molecule has 3 aromatic heterocycles. The predicted molar refractivity (Wildman–Crippen MR) is 166 cm³/mol. The highest BCUT2D eigenvalue weighted by Crippen LogP contribution is 2.33. The summed E-state index contributed by atoms with van der Waals surface area (Å²) in [5.74, 6) is 0.980. The fourth-order valence-corrected chi connectivity index (χ4v) is 4.92. The van der Waals surface area contributed by atoms with E-state index in [4.69, 9.17) is 4.74 Å². The molecule has 2 aromatic carbocycles. The molecule has 0 bridgehead atoms. The van der Waals surface area contributed by atoms with E-state index in [2.05, 4.69) is 43.2 Å². The third-order valence-corrected chi connectivity index (χ3v) is 7.49. The molecule has 5 aromatic rings. The van der Waals surface area contributed by atoms with E-state index in [0.717, 1.165) is 44.3 Å². The molecule has 0 aliphatic heterocycles. The molecule has 41 heavy (non-hydrogen) atoms. The number of sulfone groups is 1. The van der Waals surface area contributed by atoms with Crippen molar-refractivity contribution < 1.29 is 17.9 Å². The molecule has 8 nitrogen and oxygen atoms in total. The van der Waals surface area contributed by atoms with Gasteiger partial charge in [0.1, 0.15) is 5.60 Å². The number of carbonyl (C=O) groups is 1. The molecule has 0 saturated heterocycles. The van der Waals surface area contributed by atoms with Crippen molar-refractivity contribution in [3.63, 3.8) is 0 Å². The first-order chi connectivity index (χ1) is 19.0. The van der Waals surface area contributed by atoms with Crippen LogP contribution in [-0.2, 0) is 14.6 Å². The average Bonchev–Trinajstić information content (AvgIpc) is 3.21. The fourth-order valence-electron chi connectivity index (χ4n) is 4.29. The maximum absolute atomic E-state index is 13.1. The Bertz CT molecular complexity index is 1810. The summed E-state index contributed by atoms with van der Waals surface area (Å²) in [6, 6.07) is 18.8. The van der Waals surface area contributed by atoms with Gasteiger partial charge in [-0.25, -0.2) is 22.8 Å². The molecule has 0 fully saturated rings. The Morgan fingerprint density at radius 1 is 0.854 bits per heavy atom. The van der Waals surface area contributed by atoms with Crippen molar-refractivity contribution in [3.05, 3.63) is 84.8 Å². The SMILES string of the molecule is CC(C)(C)OC(=O)n1c2ccncc2c2ccc(-c3ccc([N+](C)(C)C)nc3)cc21.Cc1ccc(S(C)(=O)=O)cc1. The Labute approximate surface area is 241 Å². The first-order valence-electron chi connectivity index (χ1n) is 13.2. The molecular weight excluding hydrogens is 536 g/mol. The molecule has 0 amide bonds. The van der Waals surface area contributed by atoms with E-state index in [1.165, 1.54) is 6.26 Å². The van der Waals surface area contributed by atoms with E-state index in [0.29, 0.717) is 9.38 Å². The number of nitrogens with zero attached hydrogens (tertiary/aromatic N) is 4. The Hall–Kier alpha value is -4.08. The zero-order valence-electron chi connectivity index (χ0n) is 24.8. The zero-order chi connectivity index (χ0) is 30.2. The Kier molecular flexibility index (Phi) is 8.07. The van der Waals surface area contributed by atoms with Crippen LogP contribution in [-0.4, -0.2) is 62.0 Å². The normalized spacial score (nSPS) is 12.2. The summed E-state index contributed by atoms with van der Waals surface area (Å²) in [6.45, 7) is 7.53. The number of carbonyl (C=O) groups excluding carboxylic acids is 1. The lowest BCUT2D eigenvalue weighted by atomic mass is 10.1. The second kappa shape index (κ2) is 11.1. The van der Waals surface area contributed by atoms with E-state index in [1.54, 1.807) is 41.2 Å². The number of rotatable bonds is 3. The number of quaternary nitrogens is 1. The Morgan fingerprint density at radius 2 is 1.51 bits per heavy atom. The van der Waals surface area contributed by atoms with Gasteiger partial charge in [0.25, 0.3) is 0 Å². The van der Waals surface area contributed by atoms with Crippen molar-refractivity contribution in [1.82, 2.24) is 19.0 Å². The lowest BCUT2D eigenvalue weighted by Crippen LogP contribution is -2.35. The lowest BCUT2D eigenvalue weighted by molar-refractivity contribution is 0.0551. The molecule has 0 N–H and O–H groups in total. The molecule has 9 heteroatoms. The Morgan fingerprint density at radius 3 is 2.07 bits per heavy atom. The minimum atomic E-state index is -3.02. The summed E-state index contributed by atoms with van der Waals surface area (Å²) in [4.78, 5) is 22.3. The van der Waals surface area contributed by atoms with Gasteiger partial charge >= 0.3 is 6.09 Å². The number of hydrogen-bond acceptors (Lipinski definition) is 6. The minimum absolute atomic E-state index is 0.378. The number of pyridine rings is 2. The van der Waals surface area contributed by atoms with Gasteiger partial charge in [-0.05, 0) is 63.6 Å². The molecule has 0 unspecified atom stereocenters. The molecule has 0 atom stereocenters. The van der Waals surface area contributed by atoms with Crippen molar-refractivity contribution >= 4 is 43.6 Å². The van der Waals surface area contributed by atoms with Crippen molar-refractivity contribution in [2.24, 2.45) is 0 Å². The third kappa shape index (κ3) is 6.99. The summed E-state index contributed by atoms with van der Waals surface area (Å²) in [6.07, 6.45) is 6.16. The van der Waals surface area contributed by atoms with E-state index in [-0.39, 0.29) is 0 Å². The monoisotopic (exact) mass is 573 g/mol. The molecule has 214 valence electrons. The largest absolute Gasteiger partial charge is 0.443 e. The van der Waals surface area contributed by atoms with Crippen LogP contribution < -0.4 is 4.48 Å². The Balaban J connectivity index is 0.000000296. The first kappa shape index (κ1) is 29.9. The van der Waals surface area contributed by atoms with Gasteiger partial charge in [-0.1, -0.05) is 29.8 Å².